The van der Waals surface area contributed by atoms with E-state index in [2.05, 4.69) is 26.6 Å². The standard InChI is InChI=1S/C22H18N6/c1-13-10-23-11-14(2)20(13)22-26-19-6-4-3-5-17(19)21(27-22)25-16-7-8-18-15(9-16)12-24-28-18/h3-12H,1-2H3,(H,24,28)(H,25,26,27). The van der Waals surface area contributed by atoms with Gasteiger partial charge in [-0.25, -0.2) is 9.97 Å². The van der Waals surface area contributed by atoms with Gasteiger partial charge in [-0.05, 0) is 55.3 Å². The van der Waals surface area contributed by atoms with Gasteiger partial charge in [0.25, 0.3) is 0 Å². The molecule has 0 spiro atoms. The quantitative estimate of drug-likeness (QED) is 0.473. The fraction of sp³-hybridized carbons (Fsp3) is 0.0909. The highest BCUT2D eigenvalue weighted by molar-refractivity contribution is 5.93. The van der Waals surface area contributed by atoms with Crippen LogP contribution in [0.15, 0.2) is 61.1 Å². The van der Waals surface area contributed by atoms with Crippen LogP contribution >= 0.6 is 0 Å². The molecule has 136 valence electrons. The second-order valence-electron chi connectivity index (χ2n) is 6.86. The van der Waals surface area contributed by atoms with Gasteiger partial charge in [-0.2, -0.15) is 5.10 Å². The van der Waals surface area contributed by atoms with Crippen molar-refractivity contribution in [2.75, 3.05) is 5.32 Å². The summed E-state index contributed by atoms with van der Waals surface area (Å²) in [6, 6.07) is 14.1. The Labute approximate surface area is 161 Å². The van der Waals surface area contributed by atoms with Gasteiger partial charge >= 0.3 is 0 Å². The van der Waals surface area contributed by atoms with Gasteiger partial charge in [-0.15, -0.1) is 0 Å². The van der Waals surface area contributed by atoms with Crippen LogP contribution in [-0.4, -0.2) is 25.1 Å². The van der Waals surface area contributed by atoms with Crippen molar-refractivity contribution in [3.8, 4) is 11.4 Å². The van der Waals surface area contributed by atoms with Crippen LogP contribution in [0.2, 0.25) is 0 Å². The summed E-state index contributed by atoms with van der Waals surface area (Å²) in [6.45, 7) is 4.07. The highest BCUT2D eigenvalue weighted by Crippen LogP contribution is 2.30. The maximum Gasteiger partial charge on any atom is 0.162 e. The molecule has 0 fully saturated rings. The van der Waals surface area contributed by atoms with Crippen molar-refractivity contribution in [1.82, 2.24) is 25.1 Å². The highest BCUT2D eigenvalue weighted by Gasteiger charge is 2.14. The zero-order valence-electron chi connectivity index (χ0n) is 15.6. The van der Waals surface area contributed by atoms with Crippen molar-refractivity contribution in [1.29, 1.82) is 0 Å². The summed E-state index contributed by atoms with van der Waals surface area (Å²) < 4.78 is 0. The van der Waals surface area contributed by atoms with Gasteiger partial charge in [0.2, 0.25) is 0 Å². The Bertz CT molecular complexity index is 1300. The molecule has 0 atom stereocenters. The minimum atomic E-state index is 0.697. The molecule has 3 heterocycles. The average molecular weight is 366 g/mol. The highest BCUT2D eigenvalue weighted by atomic mass is 15.1. The van der Waals surface area contributed by atoms with Gasteiger partial charge in [0.15, 0.2) is 5.82 Å². The van der Waals surface area contributed by atoms with Crippen LogP contribution in [0.5, 0.6) is 0 Å². The summed E-state index contributed by atoms with van der Waals surface area (Å²) in [5, 5.41) is 12.6. The number of fused-ring (bicyclic) bond motifs is 2. The predicted molar refractivity (Wildman–Crippen MR) is 112 cm³/mol. The first-order chi connectivity index (χ1) is 13.7. The number of hydrogen-bond donors (Lipinski definition) is 2. The van der Waals surface area contributed by atoms with Crippen LogP contribution in [0.3, 0.4) is 0 Å². The molecule has 0 saturated heterocycles. The van der Waals surface area contributed by atoms with Crippen molar-refractivity contribution in [2.45, 2.75) is 13.8 Å². The molecule has 2 aromatic carbocycles. The van der Waals surface area contributed by atoms with Gasteiger partial charge in [-0.3, -0.25) is 10.1 Å². The molecule has 6 nitrogen and oxygen atoms in total. The fourth-order valence-corrected chi connectivity index (χ4v) is 3.49. The van der Waals surface area contributed by atoms with Gasteiger partial charge in [0, 0.05) is 34.4 Å². The van der Waals surface area contributed by atoms with E-state index in [0.29, 0.717) is 5.82 Å². The summed E-state index contributed by atoms with van der Waals surface area (Å²) in [4.78, 5) is 14.0. The number of aromatic nitrogens is 5. The third-order valence-corrected chi connectivity index (χ3v) is 4.85. The van der Waals surface area contributed by atoms with E-state index in [0.717, 1.165) is 50.0 Å². The molecule has 0 amide bonds. The van der Waals surface area contributed by atoms with Crippen molar-refractivity contribution in [3.05, 3.63) is 72.2 Å². The number of aryl methyl sites for hydroxylation is 2. The van der Waals surface area contributed by atoms with Gasteiger partial charge < -0.3 is 5.32 Å². The zero-order chi connectivity index (χ0) is 19.1. The molecule has 28 heavy (non-hydrogen) atoms. The number of nitrogens with one attached hydrogen (secondary N) is 2. The van der Waals surface area contributed by atoms with E-state index in [9.17, 15) is 0 Å². The number of para-hydroxylation sites is 1. The van der Waals surface area contributed by atoms with Crippen molar-refractivity contribution >= 4 is 33.3 Å². The SMILES string of the molecule is Cc1cncc(C)c1-c1nc(Nc2ccc3[nH]ncc3c2)c2ccccc2n1. The number of rotatable bonds is 3. The second-order valence-corrected chi connectivity index (χ2v) is 6.86. The third-order valence-electron chi connectivity index (χ3n) is 4.85. The summed E-state index contributed by atoms with van der Waals surface area (Å²) in [5.74, 6) is 1.47. The topological polar surface area (TPSA) is 79.4 Å². The Morgan fingerprint density at radius 1 is 0.893 bits per heavy atom. The monoisotopic (exact) mass is 366 g/mol. The Balaban J connectivity index is 1.68. The van der Waals surface area contributed by atoms with Crippen molar-refractivity contribution in [3.63, 3.8) is 0 Å². The predicted octanol–water partition coefficient (Wildman–Crippen LogP) is 4.93. The van der Waals surface area contributed by atoms with Crippen LogP contribution in [0.25, 0.3) is 33.2 Å². The van der Waals surface area contributed by atoms with Crippen LogP contribution in [0.4, 0.5) is 11.5 Å². The molecule has 0 bridgehead atoms. The van der Waals surface area contributed by atoms with Gasteiger partial charge in [0.05, 0.1) is 17.2 Å². The number of anilines is 2. The summed E-state index contributed by atoms with van der Waals surface area (Å²) in [6.07, 6.45) is 5.51. The molecule has 0 saturated carbocycles. The smallest absolute Gasteiger partial charge is 0.162 e. The van der Waals surface area contributed by atoms with Crippen molar-refractivity contribution in [2.24, 2.45) is 0 Å². The lowest BCUT2D eigenvalue weighted by atomic mass is 10.1. The molecule has 5 rings (SSSR count). The van der Waals surface area contributed by atoms with Crippen LogP contribution in [0, 0.1) is 13.8 Å². The first-order valence-corrected chi connectivity index (χ1v) is 9.07. The molecular weight excluding hydrogens is 348 g/mol. The van der Waals surface area contributed by atoms with E-state index >= 15 is 0 Å². The van der Waals surface area contributed by atoms with E-state index in [-0.39, 0.29) is 0 Å². The molecule has 2 N–H and O–H groups in total. The molecule has 6 heteroatoms. The van der Waals surface area contributed by atoms with Crippen molar-refractivity contribution < 1.29 is 0 Å². The number of nitrogens with zero attached hydrogens (tertiary/aromatic N) is 4. The van der Waals surface area contributed by atoms with E-state index in [1.54, 1.807) is 0 Å². The summed E-state index contributed by atoms with van der Waals surface area (Å²) in [7, 11) is 0. The van der Waals surface area contributed by atoms with Crippen LogP contribution in [0.1, 0.15) is 11.1 Å². The molecule has 0 aliphatic rings. The van der Waals surface area contributed by atoms with Gasteiger partial charge in [-0.1, -0.05) is 12.1 Å². The normalized spacial score (nSPS) is 11.2. The molecule has 0 radical (unpaired) electrons. The molecule has 0 aliphatic carbocycles. The maximum absolute atomic E-state index is 4.88. The largest absolute Gasteiger partial charge is 0.340 e. The summed E-state index contributed by atoms with van der Waals surface area (Å²) in [5.41, 5.74) is 5.99. The van der Waals surface area contributed by atoms with Gasteiger partial charge in [0.1, 0.15) is 5.82 Å². The van der Waals surface area contributed by atoms with E-state index in [1.807, 2.05) is 68.8 Å². The lowest BCUT2D eigenvalue weighted by molar-refractivity contribution is 1.12. The first kappa shape index (κ1) is 16.4. The summed E-state index contributed by atoms with van der Waals surface area (Å²) >= 11 is 0. The number of H-pyrrole nitrogens is 1. The van der Waals surface area contributed by atoms with Crippen LogP contribution < -0.4 is 5.32 Å². The van der Waals surface area contributed by atoms with E-state index in [4.69, 9.17) is 9.97 Å². The fourth-order valence-electron chi connectivity index (χ4n) is 3.49. The number of pyridine rings is 1. The zero-order valence-corrected chi connectivity index (χ0v) is 15.6. The van der Waals surface area contributed by atoms with E-state index < -0.39 is 0 Å². The lowest BCUT2D eigenvalue weighted by Crippen LogP contribution is -2.01. The number of benzene rings is 2. The molecule has 3 aromatic heterocycles. The number of aromatic amines is 1. The Morgan fingerprint density at radius 2 is 1.71 bits per heavy atom. The minimum Gasteiger partial charge on any atom is -0.340 e. The Hall–Kier alpha value is -3.80. The molecule has 5 aromatic rings. The first-order valence-electron chi connectivity index (χ1n) is 9.07. The lowest BCUT2D eigenvalue weighted by Gasteiger charge is -2.13. The van der Waals surface area contributed by atoms with Crippen LogP contribution in [-0.2, 0) is 0 Å². The molecular formula is C22H18N6. The number of hydrogen-bond acceptors (Lipinski definition) is 5. The molecule has 0 aliphatic heterocycles. The maximum atomic E-state index is 4.88. The average Bonchev–Trinajstić information content (AvgIpc) is 3.16. The van der Waals surface area contributed by atoms with E-state index in [1.165, 1.54) is 0 Å². The third kappa shape index (κ3) is 2.75. The Kier molecular flexibility index (Phi) is 3.76. The second kappa shape index (κ2) is 6.42. The molecule has 0 unspecified atom stereocenters. The minimum absolute atomic E-state index is 0.697. The Morgan fingerprint density at radius 3 is 2.57 bits per heavy atom.